The molecule has 0 saturated carbocycles. The van der Waals surface area contributed by atoms with Crippen LogP contribution >= 0.6 is 0 Å². The second-order valence-electron chi connectivity index (χ2n) is 6.37. The zero-order chi connectivity index (χ0) is 18.1. The van der Waals surface area contributed by atoms with Crippen molar-refractivity contribution in [1.29, 1.82) is 0 Å². The van der Waals surface area contributed by atoms with Gasteiger partial charge in [-0.25, -0.2) is 4.79 Å². The average Bonchev–Trinajstić information content (AvgIpc) is 2.63. The Balaban J connectivity index is 1.63. The van der Waals surface area contributed by atoms with Gasteiger partial charge in [-0.1, -0.05) is 12.1 Å². The number of nitrogens with one attached hydrogen (secondary N) is 2. The summed E-state index contributed by atoms with van der Waals surface area (Å²) in [5.41, 5.74) is 1.21. The third kappa shape index (κ3) is 6.29. The van der Waals surface area contributed by atoms with Gasteiger partial charge in [-0.15, -0.1) is 0 Å². The molecule has 1 aromatic rings. The van der Waals surface area contributed by atoms with Crippen molar-refractivity contribution in [2.45, 2.75) is 45.1 Å². The van der Waals surface area contributed by atoms with E-state index in [9.17, 15) is 9.59 Å². The maximum Gasteiger partial charge on any atom is 0.317 e. The van der Waals surface area contributed by atoms with Crippen LogP contribution in [0.4, 0.5) is 4.79 Å². The van der Waals surface area contributed by atoms with E-state index in [2.05, 4.69) is 10.6 Å². The highest BCUT2D eigenvalue weighted by molar-refractivity contribution is 5.76. The molecule has 1 fully saturated rings. The average molecular weight is 347 g/mol. The second kappa shape index (κ2) is 9.91. The van der Waals surface area contributed by atoms with Crippen LogP contribution in [0.3, 0.4) is 0 Å². The van der Waals surface area contributed by atoms with E-state index in [-0.39, 0.29) is 18.0 Å². The van der Waals surface area contributed by atoms with Crippen LogP contribution in [0.1, 0.15) is 38.2 Å². The highest BCUT2D eigenvalue weighted by Crippen LogP contribution is 2.14. The minimum Gasteiger partial charge on any atom is -0.497 e. The van der Waals surface area contributed by atoms with Crippen LogP contribution in [-0.4, -0.2) is 49.6 Å². The van der Waals surface area contributed by atoms with Crippen molar-refractivity contribution >= 4 is 11.9 Å². The Morgan fingerprint density at radius 3 is 2.48 bits per heavy atom. The summed E-state index contributed by atoms with van der Waals surface area (Å²) in [4.78, 5) is 25.7. The summed E-state index contributed by atoms with van der Waals surface area (Å²) < 4.78 is 5.14. The van der Waals surface area contributed by atoms with Gasteiger partial charge >= 0.3 is 6.03 Å². The van der Waals surface area contributed by atoms with Crippen LogP contribution in [0.25, 0.3) is 0 Å². The third-order valence-electron chi connectivity index (χ3n) is 4.50. The molecule has 0 atom stereocenters. The number of nitrogens with zero attached hydrogens (tertiary/aromatic N) is 1. The first-order valence-electron chi connectivity index (χ1n) is 9.07. The largest absolute Gasteiger partial charge is 0.497 e. The van der Waals surface area contributed by atoms with E-state index in [1.807, 2.05) is 36.1 Å². The number of benzene rings is 1. The predicted octanol–water partition coefficient (Wildman–Crippen LogP) is 2.33. The summed E-state index contributed by atoms with van der Waals surface area (Å²) in [7, 11) is 1.65. The Morgan fingerprint density at radius 1 is 1.20 bits per heavy atom. The summed E-state index contributed by atoms with van der Waals surface area (Å²) in [6, 6.07) is 8.13. The molecule has 2 N–H and O–H groups in total. The fourth-order valence-electron chi connectivity index (χ4n) is 3.04. The smallest absolute Gasteiger partial charge is 0.317 e. The Labute approximate surface area is 149 Å². The lowest BCUT2D eigenvalue weighted by molar-refractivity contribution is -0.122. The van der Waals surface area contributed by atoms with Crippen molar-refractivity contribution in [1.82, 2.24) is 15.5 Å². The number of methoxy groups -OCH3 is 1. The number of likely N-dealkylation sites (tertiary alicyclic amines) is 1. The number of rotatable bonds is 7. The molecule has 2 rings (SSSR count). The summed E-state index contributed by atoms with van der Waals surface area (Å²) >= 11 is 0. The first-order valence-corrected chi connectivity index (χ1v) is 9.07. The number of aryl methyl sites for hydroxylation is 1. The maximum absolute atomic E-state index is 12.1. The van der Waals surface area contributed by atoms with Gasteiger partial charge in [-0.05, 0) is 50.3 Å². The first-order chi connectivity index (χ1) is 12.1. The first kappa shape index (κ1) is 19.1. The van der Waals surface area contributed by atoms with Crippen molar-refractivity contribution in [3.8, 4) is 5.75 Å². The van der Waals surface area contributed by atoms with Crippen LogP contribution in [0.5, 0.6) is 5.75 Å². The molecule has 1 heterocycles. The molecule has 0 aliphatic carbocycles. The zero-order valence-electron chi connectivity index (χ0n) is 15.2. The Bertz CT molecular complexity index is 552. The lowest BCUT2D eigenvalue weighted by Gasteiger charge is -2.32. The van der Waals surface area contributed by atoms with Gasteiger partial charge in [0.15, 0.2) is 0 Å². The Hall–Kier alpha value is -2.24. The summed E-state index contributed by atoms with van der Waals surface area (Å²) in [5.74, 6) is 0.949. The van der Waals surface area contributed by atoms with E-state index < -0.39 is 0 Å². The Morgan fingerprint density at radius 2 is 1.88 bits per heavy atom. The van der Waals surface area contributed by atoms with Crippen molar-refractivity contribution in [3.05, 3.63) is 29.8 Å². The van der Waals surface area contributed by atoms with E-state index in [1.54, 1.807) is 7.11 Å². The van der Waals surface area contributed by atoms with Gasteiger partial charge in [0, 0.05) is 32.1 Å². The van der Waals surface area contributed by atoms with Crippen molar-refractivity contribution in [2.24, 2.45) is 0 Å². The van der Waals surface area contributed by atoms with Crippen molar-refractivity contribution < 1.29 is 14.3 Å². The molecule has 6 nitrogen and oxygen atoms in total. The molecule has 25 heavy (non-hydrogen) atoms. The second-order valence-corrected chi connectivity index (χ2v) is 6.37. The van der Waals surface area contributed by atoms with Gasteiger partial charge < -0.3 is 20.3 Å². The van der Waals surface area contributed by atoms with Crippen LogP contribution in [0, 0.1) is 0 Å². The van der Waals surface area contributed by atoms with Crippen molar-refractivity contribution in [2.75, 3.05) is 26.7 Å². The summed E-state index contributed by atoms with van der Waals surface area (Å²) in [6.45, 7) is 3.95. The molecule has 1 saturated heterocycles. The van der Waals surface area contributed by atoms with E-state index in [1.165, 1.54) is 5.56 Å². The molecule has 0 aromatic heterocycles. The fourth-order valence-corrected chi connectivity index (χ4v) is 3.04. The lowest BCUT2D eigenvalue weighted by atomic mass is 10.0. The van der Waals surface area contributed by atoms with Crippen LogP contribution < -0.4 is 15.4 Å². The monoisotopic (exact) mass is 347 g/mol. The highest BCUT2D eigenvalue weighted by Gasteiger charge is 2.23. The highest BCUT2D eigenvalue weighted by atomic mass is 16.5. The predicted molar refractivity (Wildman–Crippen MR) is 97.7 cm³/mol. The topological polar surface area (TPSA) is 70.7 Å². The van der Waals surface area contributed by atoms with Crippen LogP contribution in [-0.2, 0) is 11.2 Å². The van der Waals surface area contributed by atoms with E-state index in [4.69, 9.17) is 4.74 Å². The van der Waals surface area contributed by atoms with Crippen molar-refractivity contribution in [3.63, 3.8) is 0 Å². The maximum atomic E-state index is 12.1. The SMILES string of the molecule is CCNC(=O)N1CCC(NC(=O)CCCc2ccc(OC)cc2)CC1. The molecule has 6 heteroatoms. The number of piperidine rings is 1. The number of carbonyl (C=O) groups excluding carboxylic acids is 2. The lowest BCUT2D eigenvalue weighted by Crippen LogP contribution is -2.49. The molecular weight excluding hydrogens is 318 g/mol. The molecule has 0 unspecified atom stereocenters. The number of carbonyl (C=O) groups is 2. The van der Waals surface area contributed by atoms with Gasteiger partial charge in [0.1, 0.15) is 5.75 Å². The van der Waals surface area contributed by atoms with Gasteiger partial charge in [-0.2, -0.15) is 0 Å². The van der Waals surface area contributed by atoms with Gasteiger partial charge in [0.25, 0.3) is 0 Å². The molecule has 0 spiro atoms. The van der Waals surface area contributed by atoms with Crippen LogP contribution in [0.2, 0.25) is 0 Å². The number of hydrogen-bond donors (Lipinski definition) is 2. The van der Waals surface area contributed by atoms with E-state index in [0.717, 1.165) is 31.4 Å². The zero-order valence-corrected chi connectivity index (χ0v) is 15.2. The molecule has 0 bridgehead atoms. The molecule has 1 aliphatic rings. The molecule has 1 aliphatic heterocycles. The third-order valence-corrected chi connectivity index (χ3v) is 4.50. The Kier molecular flexibility index (Phi) is 7.57. The number of ether oxygens (including phenoxy) is 1. The molecule has 0 radical (unpaired) electrons. The number of urea groups is 1. The fraction of sp³-hybridized carbons (Fsp3) is 0.579. The number of amides is 3. The number of hydrogen-bond acceptors (Lipinski definition) is 3. The van der Waals surface area contributed by atoms with Crippen LogP contribution in [0.15, 0.2) is 24.3 Å². The van der Waals surface area contributed by atoms with Gasteiger partial charge in [0.2, 0.25) is 5.91 Å². The van der Waals surface area contributed by atoms with E-state index in [0.29, 0.717) is 26.1 Å². The molecule has 138 valence electrons. The van der Waals surface area contributed by atoms with E-state index >= 15 is 0 Å². The molecule has 3 amide bonds. The standard InChI is InChI=1S/C19H29N3O3/c1-3-20-19(24)22-13-11-16(12-14-22)21-18(23)6-4-5-15-7-9-17(25-2)10-8-15/h7-10,16H,3-6,11-14H2,1-2H3,(H,20,24)(H,21,23). The molecule has 1 aromatic carbocycles. The minimum absolute atomic E-state index is 0.00762. The summed E-state index contributed by atoms with van der Waals surface area (Å²) in [6.07, 6.45) is 3.88. The molecular formula is C19H29N3O3. The van der Waals surface area contributed by atoms with Gasteiger partial charge in [0.05, 0.1) is 7.11 Å². The summed E-state index contributed by atoms with van der Waals surface area (Å²) in [5, 5.41) is 5.91. The quantitative estimate of drug-likeness (QED) is 0.795. The normalized spacial score (nSPS) is 14.9. The minimum atomic E-state index is -0.00762. The van der Waals surface area contributed by atoms with Gasteiger partial charge in [-0.3, -0.25) is 4.79 Å².